The van der Waals surface area contributed by atoms with E-state index in [1.165, 1.54) is 12.1 Å². The highest BCUT2D eigenvalue weighted by Crippen LogP contribution is 2.17. The fraction of sp³-hybridized carbons (Fsp3) is 0.571. The molecule has 0 bridgehead atoms. The Morgan fingerprint density at radius 1 is 1.18 bits per heavy atom. The van der Waals surface area contributed by atoms with Crippen molar-refractivity contribution in [3.05, 3.63) is 35.1 Å². The van der Waals surface area contributed by atoms with Crippen LogP contribution in [0.4, 0.5) is 4.39 Å². The van der Waals surface area contributed by atoms with Gasteiger partial charge in [-0.05, 0) is 55.4 Å². The molecule has 1 aromatic rings. The number of hydrogen-bond donors (Lipinski definition) is 2. The van der Waals surface area contributed by atoms with Crippen molar-refractivity contribution in [2.45, 2.75) is 32.6 Å². The van der Waals surface area contributed by atoms with Gasteiger partial charge in [0.2, 0.25) is 0 Å². The third-order valence-corrected chi connectivity index (χ3v) is 2.90. The van der Waals surface area contributed by atoms with Gasteiger partial charge in [-0.3, -0.25) is 0 Å². The van der Waals surface area contributed by atoms with E-state index in [1.807, 2.05) is 13.0 Å². The molecule has 0 unspecified atom stereocenters. The summed E-state index contributed by atoms with van der Waals surface area (Å²) in [5.41, 5.74) is 1.84. The molecule has 2 nitrogen and oxygen atoms in total. The number of hydrogen-bond acceptors (Lipinski definition) is 2. The van der Waals surface area contributed by atoms with Crippen molar-refractivity contribution < 1.29 is 14.6 Å². The summed E-state index contributed by atoms with van der Waals surface area (Å²) in [7, 11) is 0. The van der Waals surface area contributed by atoms with E-state index in [0.717, 1.165) is 30.4 Å². The molecule has 1 atom stereocenters. The minimum Gasteiger partial charge on any atom is -0.396 e. The minimum absolute atomic E-state index is 0.112. The van der Waals surface area contributed by atoms with Gasteiger partial charge in [-0.1, -0.05) is 12.5 Å². The largest absolute Gasteiger partial charge is 0.396 e. The monoisotopic (exact) mass is 240 g/mol. The molecule has 2 N–H and O–H groups in total. The maximum atomic E-state index is 13.2. The van der Waals surface area contributed by atoms with E-state index in [1.54, 1.807) is 0 Å². The number of unbranched alkanes of at least 4 members (excludes halogenated alkanes) is 1. The minimum atomic E-state index is -0.216. The van der Waals surface area contributed by atoms with Crippen molar-refractivity contribution >= 4 is 0 Å². The van der Waals surface area contributed by atoms with Gasteiger partial charge in [-0.15, -0.1) is 0 Å². The van der Waals surface area contributed by atoms with Crippen LogP contribution in [-0.2, 0) is 6.42 Å². The zero-order chi connectivity index (χ0) is 12.7. The molecule has 0 amide bonds. The normalized spacial score (nSPS) is 12.7. The molecular weight excluding hydrogens is 219 g/mol. The van der Waals surface area contributed by atoms with Crippen molar-refractivity contribution in [3.8, 4) is 0 Å². The molecule has 0 aromatic heterocycles. The van der Waals surface area contributed by atoms with Crippen LogP contribution < -0.4 is 0 Å². The smallest absolute Gasteiger partial charge is 0.123 e. The van der Waals surface area contributed by atoms with Gasteiger partial charge in [-0.2, -0.15) is 0 Å². The Labute approximate surface area is 102 Å². The molecular formula is C14H21FO2. The molecule has 0 saturated carbocycles. The average molecular weight is 240 g/mol. The van der Waals surface area contributed by atoms with E-state index in [9.17, 15) is 9.50 Å². The second-order valence-electron chi connectivity index (χ2n) is 4.61. The maximum absolute atomic E-state index is 13.2. The lowest BCUT2D eigenvalue weighted by molar-refractivity contribution is 0.209. The van der Waals surface area contributed by atoms with Crippen molar-refractivity contribution in [1.29, 1.82) is 0 Å². The number of benzene rings is 1. The Hall–Kier alpha value is -0.930. The summed E-state index contributed by atoms with van der Waals surface area (Å²) in [6.45, 7) is 2.17. The summed E-state index contributed by atoms with van der Waals surface area (Å²) in [6.07, 6.45) is 3.22. The second-order valence-corrected chi connectivity index (χ2v) is 4.61. The fourth-order valence-electron chi connectivity index (χ4n) is 2.07. The third kappa shape index (κ3) is 5.29. The van der Waals surface area contributed by atoms with Crippen LogP contribution >= 0.6 is 0 Å². The molecule has 0 saturated heterocycles. The van der Waals surface area contributed by atoms with Crippen molar-refractivity contribution in [3.63, 3.8) is 0 Å². The molecule has 0 aliphatic rings. The number of aliphatic hydroxyl groups excluding tert-OH is 2. The lowest BCUT2D eigenvalue weighted by Crippen LogP contribution is -2.10. The Bertz CT molecular complexity index is 319. The van der Waals surface area contributed by atoms with Gasteiger partial charge >= 0.3 is 0 Å². The van der Waals surface area contributed by atoms with Gasteiger partial charge in [-0.25, -0.2) is 4.39 Å². The molecule has 3 heteroatoms. The highest BCUT2D eigenvalue weighted by molar-refractivity contribution is 5.23. The van der Waals surface area contributed by atoms with Crippen LogP contribution in [0, 0.1) is 18.7 Å². The zero-order valence-electron chi connectivity index (χ0n) is 10.3. The summed E-state index contributed by atoms with van der Waals surface area (Å²) in [4.78, 5) is 0. The maximum Gasteiger partial charge on any atom is 0.123 e. The molecule has 96 valence electrons. The predicted molar refractivity (Wildman–Crippen MR) is 66.4 cm³/mol. The van der Waals surface area contributed by atoms with Gasteiger partial charge in [0.05, 0.1) is 0 Å². The molecule has 0 spiro atoms. The Morgan fingerprint density at radius 3 is 2.53 bits per heavy atom. The summed E-state index contributed by atoms with van der Waals surface area (Å²) in [5.74, 6) is -0.0604. The molecule has 0 heterocycles. The van der Waals surface area contributed by atoms with Crippen LogP contribution in [0.3, 0.4) is 0 Å². The van der Waals surface area contributed by atoms with Crippen LogP contribution in [0.1, 0.15) is 30.4 Å². The lowest BCUT2D eigenvalue weighted by atomic mass is 9.94. The SMILES string of the molecule is Cc1cc(F)cc(C[C@H](CO)CCCCO)c1. The van der Waals surface area contributed by atoms with E-state index in [2.05, 4.69) is 0 Å². The highest BCUT2D eigenvalue weighted by atomic mass is 19.1. The van der Waals surface area contributed by atoms with Crippen LogP contribution in [0.15, 0.2) is 18.2 Å². The van der Waals surface area contributed by atoms with Crippen LogP contribution in [0.2, 0.25) is 0 Å². The topological polar surface area (TPSA) is 40.5 Å². The lowest BCUT2D eigenvalue weighted by Gasteiger charge is -2.14. The van der Waals surface area contributed by atoms with Crippen LogP contribution in [0.5, 0.6) is 0 Å². The quantitative estimate of drug-likeness (QED) is 0.719. The number of halogens is 1. The molecule has 1 rings (SSSR count). The van der Waals surface area contributed by atoms with E-state index in [-0.39, 0.29) is 24.9 Å². The van der Waals surface area contributed by atoms with Gasteiger partial charge in [0, 0.05) is 13.2 Å². The summed E-state index contributed by atoms with van der Waals surface area (Å²) >= 11 is 0. The van der Waals surface area contributed by atoms with E-state index >= 15 is 0 Å². The molecule has 0 fully saturated rings. The Morgan fingerprint density at radius 2 is 1.94 bits per heavy atom. The van der Waals surface area contributed by atoms with Crippen molar-refractivity contribution in [2.24, 2.45) is 5.92 Å². The molecule has 0 aliphatic heterocycles. The predicted octanol–water partition coefficient (Wildman–Crippen LogP) is 2.45. The average Bonchev–Trinajstić information content (AvgIpc) is 2.26. The summed E-state index contributed by atoms with van der Waals surface area (Å²) in [6, 6.07) is 4.99. The number of aryl methyl sites for hydroxylation is 1. The van der Waals surface area contributed by atoms with Gasteiger partial charge in [0.1, 0.15) is 5.82 Å². The van der Waals surface area contributed by atoms with E-state index in [4.69, 9.17) is 5.11 Å². The standard InChI is InChI=1S/C14H21FO2/c1-11-6-13(9-14(15)7-11)8-12(10-17)4-2-3-5-16/h6-7,9,12,16-17H,2-5,8,10H2,1H3/t12-/m1/s1. The fourth-order valence-corrected chi connectivity index (χ4v) is 2.07. The molecule has 0 radical (unpaired) electrons. The van der Waals surface area contributed by atoms with Crippen LogP contribution in [-0.4, -0.2) is 23.4 Å². The summed E-state index contributed by atoms with van der Waals surface area (Å²) in [5, 5.41) is 18.0. The zero-order valence-corrected chi connectivity index (χ0v) is 10.3. The van der Waals surface area contributed by atoms with Gasteiger partial charge < -0.3 is 10.2 Å². The van der Waals surface area contributed by atoms with E-state index < -0.39 is 0 Å². The second kappa shape index (κ2) is 7.41. The first kappa shape index (κ1) is 14.1. The first-order valence-corrected chi connectivity index (χ1v) is 6.13. The van der Waals surface area contributed by atoms with Crippen molar-refractivity contribution in [2.75, 3.05) is 13.2 Å². The Balaban J connectivity index is 2.54. The third-order valence-electron chi connectivity index (χ3n) is 2.90. The van der Waals surface area contributed by atoms with Gasteiger partial charge in [0.25, 0.3) is 0 Å². The Kier molecular flexibility index (Phi) is 6.16. The first-order valence-electron chi connectivity index (χ1n) is 6.13. The number of aliphatic hydroxyl groups is 2. The van der Waals surface area contributed by atoms with Crippen LogP contribution in [0.25, 0.3) is 0 Å². The molecule has 17 heavy (non-hydrogen) atoms. The van der Waals surface area contributed by atoms with E-state index in [0.29, 0.717) is 6.42 Å². The highest BCUT2D eigenvalue weighted by Gasteiger charge is 2.09. The first-order chi connectivity index (χ1) is 8.15. The summed E-state index contributed by atoms with van der Waals surface area (Å²) < 4.78 is 13.2. The molecule has 1 aromatic carbocycles. The molecule has 0 aliphatic carbocycles. The number of rotatable bonds is 7. The van der Waals surface area contributed by atoms with Crippen molar-refractivity contribution in [1.82, 2.24) is 0 Å². The van der Waals surface area contributed by atoms with Gasteiger partial charge in [0.15, 0.2) is 0 Å².